The number of aldehydes is 1. The van der Waals surface area contributed by atoms with Crippen molar-refractivity contribution in [3.63, 3.8) is 0 Å². The van der Waals surface area contributed by atoms with Crippen molar-refractivity contribution >= 4 is 23.1 Å². The van der Waals surface area contributed by atoms with Crippen LogP contribution in [0.15, 0.2) is 46.6 Å². The number of allylic oxidation sites excluding steroid dienone is 4. The Morgan fingerprint density at radius 1 is 1.17 bits per heavy atom. The van der Waals surface area contributed by atoms with Crippen LogP contribution in [0.4, 0.5) is 0 Å². The molecule has 0 amide bonds. The number of ketones is 1. The van der Waals surface area contributed by atoms with Crippen molar-refractivity contribution in [1.82, 2.24) is 9.97 Å². The first-order valence-corrected chi connectivity index (χ1v) is 7.71. The largest absolute Gasteiger partial charge is 0.342 e. The van der Waals surface area contributed by atoms with E-state index in [1.165, 1.54) is 0 Å². The minimum Gasteiger partial charge on any atom is -0.342 e. The lowest BCUT2D eigenvalue weighted by atomic mass is 9.94. The second kappa shape index (κ2) is 7.18. The first kappa shape index (κ1) is 16.9. The van der Waals surface area contributed by atoms with Crippen LogP contribution in [-0.2, 0) is 16.0 Å². The van der Waals surface area contributed by atoms with Crippen LogP contribution < -0.4 is 0 Å². The standard InChI is InChI=1S/C19H22N2O2/c1-12(2)14(4)19(23)15(13(3)11-22)9-10-18-20-16-7-5-6-8-17(16)21-18/h5-8,11H,9-10H2,1-4H3,(H,20,21)/b15-13-. The highest BCUT2D eigenvalue weighted by Gasteiger charge is 2.16. The van der Waals surface area contributed by atoms with E-state index < -0.39 is 0 Å². The van der Waals surface area contributed by atoms with Gasteiger partial charge in [-0.25, -0.2) is 4.98 Å². The number of imidazole rings is 1. The maximum atomic E-state index is 12.6. The number of carbonyl (C=O) groups excluding carboxylic acids is 2. The second-order valence-electron chi connectivity index (χ2n) is 5.93. The number of aromatic nitrogens is 2. The Hall–Kier alpha value is -2.49. The summed E-state index contributed by atoms with van der Waals surface area (Å²) >= 11 is 0. The van der Waals surface area contributed by atoms with Gasteiger partial charge in [0.15, 0.2) is 5.78 Å². The number of para-hydroxylation sites is 2. The van der Waals surface area contributed by atoms with Gasteiger partial charge in [0.1, 0.15) is 12.1 Å². The van der Waals surface area contributed by atoms with Gasteiger partial charge in [-0.1, -0.05) is 17.7 Å². The summed E-state index contributed by atoms with van der Waals surface area (Å²) in [5, 5.41) is 0. The number of nitrogens with one attached hydrogen (secondary N) is 1. The van der Waals surface area contributed by atoms with Crippen LogP contribution in [0.25, 0.3) is 11.0 Å². The van der Waals surface area contributed by atoms with Gasteiger partial charge in [-0.2, -0.15) is 0 Å². The lowest BCUT2D eigenvalue weighted by molar-refractivity contribution is -0.113. The van der Waals surface area contributed by atoms with Gasteiger partial charge in [-0.3, -0.25) is 9.59 Å². The molecule has 2 rings (SSSR count). The molecule has 0 unspecified atom stereocenters. The fraction of sp³-hybridized carbons (Fsp3) is 0.316. The maximum absolute atomic E-state index is 12.6. The Bertz CT molecular complexity index is 773. The van der Waals surface area contributed by atoms with E-state index in [4.69, 9.17) is 0 Å². The SMILES string of the molecule is CC(C)=C(C)C(=O)/C(CCc1nc2ccccc2[nH]1)=C(/C)C=O. The average molecular weight is 310 g/mol. The monoisotopic (exact) mass is 310 g/mol. The summed E-state index contributed by atoms with van der Waals surface area (Å²) < 4.78 is 0. The molecule has 0 aliphatic heterocycles. The van der Waals surface area contributed by atoms with Gasteiger partial charge in [0.25, 0.3) is 0 Å². The molecular weight excluding hydrogens is 288 g/mol. The molecular formula is C19H22N2O2. The number of rotatable bonds is 6. The quantitative estimate of drug-likeness (QED) is 0.649. The molecule has 0 saturated carbocycles. The summed E-state index contributed by atoms with van der Waals surface area (Å²) in [6.45, 7) is 7.30. The van der Waals surface area contributed by atoms with Gasteiger partial charge in [0, 0.05) is 12.0 Å². The summed E-state index contributed by atoms with van der Waals surface area (Å²) in [7, 11) is 0. The molecule has 0 aliphatic carbocycles. The number of Topliss-reactive ketones (excluding diaryl/α,β-unsaturated/α-hetero) is 1. The van der Waals surface area contributed by atoms with Crippen LogP contribution in [0.3, 0.4) is 0 Å². The molecule has 2 aromatic rings. The van der Waals surface area contributed by atoms with Crippen molar-refractivity contribution in [2.75, 3.05) is 0 Å². The van der Waals surface area contributed by atoms with E-state index >= 15 is 0 Å². The highest BCUT2D eigenvalue weighted by Crippen LogP contribution is 2.19. The van der Waals surface area contributed by atoms with E-state index in [0.717, 1.165) is 28.7 Å². The van der Waals surface area contributed by atoms with E-state index in [9.17, 15) is 9.59 Å². The Kier molecular flexibility index (Phi) is 5.27. The van der Waals surface area contributed by atoms with Crippen LogP contribution in [0.1, 0.15) is 39.9 Å². The fourth-order valence-corrected chi connectivity index (χ4v) is 2.38. The van der Waals surface area contributed by atoms with Gasteiger partial charge >= 0.3 is 0 Å². The molecule has 1 aromatic carbocycles. The van der Waals surface area contributed by atoms with Crippen molar-refractivity contribution in [1.29, 1.82) is 0 Å². The molecule has 4 nitrogen and oxygen atoms in total. The van der Waals surface area contributed by atoms with Crippen LogP contribution in [0.2, 0.25) is 0 Å². The van der Waals surface area contributed by atoms with Crippen LogP contribution >= 0.6 is 0 Å². The molecule has 0 radical (unpaired) electrons. The molecule has 0 fully saturated rings. The molecule has 120 valence electrons. The summed E-state index contributed by atoms with van der Waals surface area (Å²) in [5.41, 5.74) is 4.62. The molecule has 1 heterocycles. The van der Waals surface area contributed by atoms with E-state index in [1.807, 2.05) is 38.1 Å². The summed E-state index contributed by atoms with van der Waals surface area (Å²) in [5.74, 6) is 0.774. The van der Waals surface area contributed by atoms with Crippen molar-refractivity contribution in [2.24, 2.45) is 0 Å². The minimum absolute atomic E-state index is 0.0503. The zero-order valence-electron chi connectivity index (χ0n) is 14.1. The molecule has 1 aromatic heterocycles. The molecule has 23 heavy (non-hydrogen) atoms. The van der Waals surface area contributed by atoms with Crippen molar-refractivity contribution < 1.29 is 9.59 Å². The number of aryl methyl sites for hydroxylation is 1. The molecule has 0 bridgehead atoms. The van der Waals surface area contributed by atoms with E-state index in [-0.39, 0.29) is 5.78 Å². The highest BCUT2D eigenvalue weighted by molar-refractivity contribution is 6.10. The van der Waals surface area contributed by atoms with Gasteiger partial charge in [-0.05, 0) is 57.4 Å². The molecule has 1 N–H and O–H groups in total. The second-order valence-corrected chi connectivity index (χ2v) is 5.93. The summed E-state index contributed by atoms with van der Waals surface area (Å²) in [4.78, 5) is 31.5. The zero-order valence-corrected chi connectivity index (χ0v) is 14.1. The number of carbonyl (C=O) groups is 2. The number of hydrogen-bond acceptors (Lipinski definition) is 3. The number of fused-ring (bicyclic) bond motifs is 1. The smallest absolute Gasteiger partial charge is 0.185 e. The average Bonchev–Trinajstić information content (AvgIpc) is 2.96. The third-order valence-electron chi connectivity index (χ3n) is 4.07. The Labute approximate surface area is 136 Å². The Morgan fingerprint density at radius 3 is 2.48 bits per heavy atom. The van der Waals surface area contributed by atoms with E-state index in [0.29, 0.717) is 29.6 Å². The van der Waals surface area contributed by atoms with Gasteiger partial charge in [0.2, 0.25) is 0 Å². The Balaban J connectivity index is 2.24. The van der Waals surface area contributed by atoms with Crippen molar-refractivity contribution in [3.8, 4) is 0 Å². The van der Waals surface area contributed by atoms with Crippen molar-refractivity contribution in [2.45, 2.75) is 40.5 Å². The van der Waals surface area contributed by atoms with Crippen molar-refractivity contribution in [3.05, 3.63) is 52.4 Å². The molecule has 0 spiro atoms. The lowest BCUT2D eigenvalue weighted by Crippen LogP contribution is -2.10. The molecule has 0 aliphatic rings. The molecule has 0 saturated heterocycles. The first-order chi connectivity index (χ1) is 10.9. The third kappa shape index (κ3) is 3.83. The first-order valence-electron chi connectivity index (χ1n) is 7.71. The topological polar surface area (TPSA) is 62.8 Å². The summed E-state index contributed by atoms with van der Waals surface area (Å²) in [6.07, 6.45) is 1.84. The number of H-pyrrole nitrogens is 1. The predicted molar refractivity (Wildman–Crippen MR) is 92.2 cm³/mol. The zero-order chi connectivity index (χ0) is 17.0. The van der Waals surface area contributed by atoms with Crippen LogP contribution in [0, 0.1) is 0 Å². The number of hydrogen-bond donors (Lipinski definition) is 1. The normalized spacial score (nSPS) is 12.0. The molecule has 4 heteroatoms. The summed E-state index contributed by atoms with van der Waals surface area (Å²) in [6, 6.07) is 7.81. The van der Waals surface area contributed by atoms with E-state index in [2.05, 4.69) is 9.97 Å². The van der Waals surface area contributed by atoms with Gasteiger partial charge in [0.05, 0.1) is 11.0 Å². The van der Waals surface area contributed by atoms with Crippen LogP contribution in [-0.4, -0.2) is 22.0 Å². The third-order valence-corrected chi connectivity index (χ3v) is 4.07. The Morgan fingerprint density at radius 2 is 1.87 bits per heavy atom. The molecule has 0 atom stereocenters. The minimum atomic E-state index is -0.0503. The number of benzene rings is 1. The van der Waals surface area contributed by atoms with E-state index in [1.54, 1.807) is 13.8 Å². The predicted octanol–water partition coefficient (Wildman–Crippen LogP) is 3.94. The van der Waals surface area contributed by atoms with Gasteiger partial charge in [-0.15, -0.1) is 0 Å². The lowest BCUT2D eigenvalue weighted by Gasteiger charge is -2.09. The van der Waals surface area contributed by atoms with Crippen LogP contribution in [0.5, 0.6) is 0 Å². The maximum Gasteiger partial charge on any atom is 0.185 e. The number of aromatic amines is 1. The highest BCUT2D eigenvalue weighted by atomic mass is 16.1. The fourth-order valence-electron chi connectivity index (χ4n) is 2.38. The van der Waals surface area contributed by atoms with Gasteiger partial charge < -0.3 is 4.98 Å². The number of nitrogens with zero attached hydrogens (tertiary/aromatic N) is 1.